The number of hydrogen-bond acceptors (Lipinski definition) is 7. The van der Waals surface area contributed by atoms with Gasteiger partial charge in [-0.2, -0.15) is 0 Å². The SMILES string of the molecule is CCOc1c2c(c(OCC)c3ccccc13)C(=O)N(c1ccc(CS(=O)(=O)NC(=O)Cc3cccnc3)cc1)C2. The summed E-state index contributed by atoms with van der Waals surface area (Å²) in [5.74, 6) is -0.0269. The van der Waals surface area contributed by atoms with Gasteiger partial charge >= 0.3 is 0 Å². The summed E-state index contributed by atoms with van der Waals surface area (Å²) in [5.41, 5.74) is 2.94. The zero-order valence-electron chi connectivity index (χ0n) is 22.2. The van der Waals surface area contributed by atoms with Gasteiger partial charge in [0.1, 0.15) is 11.5 Å². The van der Waals surface area contributed by atoms with E-state index in [4.69, 9.17) is 9.47 Å². The van der Waals surface area contributed by atoms with E-state index in [0.717, 1.165) is 16.3 Å². The van der Waals surface area contributed by atoms with E-state index in [0.29, 0.717) is 47.1 Å². The number of sulfonamides is 1. The highest BCUT2D eigenvalue weighted by atomic mass is 32.2. The van der Waals surface area contributed by atoms with Gasteiger partial charge < -0.3 is 14.4 Å². The van der Waals surface area contributed by atoms with E-state index in [2.05, 4.69) is 9.71 Å². The summed E-state index contributed by atoms with van der Waals surface area (Å²) >= 11 is 0. The fraction of sp³-hybridized carbons (Fsp3) is 0.233. The third-order valence-electron chi connectivity index (χ3n) is 6.53. The van der Waals surface area contributed by atoms with Crippen molar-refractivity contribution in [1.29, 1.82) is 0 Å². The number of nitrogens with zero attached hydrogens (tertiary/aromatic N) is 2. The van der Waals surface area contributed by atoms with Crippen molar-refractivity contribution in [3.63, 3.8) is 0 Å². The predicted molar refractivity (Wildman–Crippen MR) is 152 cm³/mol. The maximum Gasteiger partial charge on any atom is 0.262 e. The molecular weight excluding hydrogens is 530 g/mol. The van der Waals surface area contributed by atoms with E-state index in [9.17, 15) is 18.0 Å². The van der Waals surface area contributed by atoms with Crippen LogP contribution in [-0.4, -0.2) is 38.4 Å². The Morgan fingerprint density at radius 3 is 2.25 bits per heavy atom. The van der Waals surface area contributed by atoms with Crippen molar-refractivity contribution in [3.8, 4) is 11.5 Å². The van der Waals surface area contributed by atoms with Crippen molar-refractivity contribution < 1.29 is 27.5 Å². The van der Waals surface area contributed by atoms with Crippen LogP contribution in [0.15, 0.2) is 73.1 Å². The van der Waals surface area contributed by atoms with E-state index in [-0.39, 0.29) is 24.6 Å². The molecule has 0 saturated heterocycles. The van der Waals surface area contributed by atoms with Crippen LogP contribution in [0, 0.1) is 0 Å². The standard InChI is InChI=1S/C30H29N3O6S/c1-3-38-28-23-9-5-6-10-24(23)29(39-4-2)27-25(28)18-33(30(27)35)22-13-11-20(12-14-22)19-40(36,37)32-26(34)16-21-8-7-15-31-17-21/h5-15,17H,3-4,16,18-19H2,1-2H3,(H,32,34). The van der Waals surface area contributed by atoms with Crippen molar-refractivity contribution in [1.82, 2.24) is 9.71 Å². The first-order valence-electron chi connectivity index (χ1n) is 13.0. The lowest BCUT2D eigenvalue weighted by molar-refractivity contribution is -0.118. The maximum atomic E-state index is 13.7. The number of ether oxygens (including phenoxy) is 2. The zero-order valence-corrected chi connectivity index (χ0v) is 23.0. The lowest BCUT2D eigenvalue weighted by Crippen LogP contribution is -2.32. The van der Waals surface area contributed by atoms with Gasteiger partial charge in [-0.3, -0.25) is 19.3 Å². The molecule has 0 saturated carbocycles. The number of benzene rings is 3. The molecule has 5 rings (SSSR count). The first kappa shape index (κ1) is 27.1. The smallest absolute Gasteiger partial charge is 0.262 e. The van der Waals surface area contributed by atoms with Gasteiger partial charge in [-0.15, -0.1) is 0 Å². The highest BCUT2D eigenvalue weighted by Crippen LogP contribution is 2.46. The molecule has 206 valence electrons. The van der Waals surface area contributed by atoms with Crippen LogP contribution in [0.5, 0.6) is 11.5 Å². The summed E-state index contributed by atoms with van der Waals surface area (Å²) in [6.07, 6.45) is 3.00. The molecule has 0 spiro atoms. The van der Waals surface area contributed by atoms with Crippen molar-refractivity contribution in [2.24, 2.45) is 0 Å². The largest absolute Gasteiger partial charge is 0.493 e. The number of fused-ring (bicyclic) bond motifs is 2. The summed E-state index contributed by atoms with van der Waals surface area (Å²) in [5, 5.41) is 1.69. The van der Waals surface area contributed by atoms with Crippen molar-refractivity contribution >= 4 is 38.3 Å². The van der Waals surface area contributed by atoms with Crippen LogP contribution in [0.25, 0.3) is 10.8 Å². The van der Waals surface area contributed by atoms with Crippen LogP contribution in [0.2, 0.25) is 0 Å². The van der Waals surface area contributed by atoms with E-state index in [1.165, 1.54) is 6.20 Å². The van der Waals surface area contributed by atoms with Gasteiger partial charge in [-0.05, 0) is 43.2 Å². The monoisotopic (exact) mass is 559 g/mol. The number of carbonyl (C=O) groups excluding carboxylic acids is 2. The molecule has 0 unspecified atom stereocenters. The number of rotatable bonds is 10. The van der Waals surface area contributed by atoms with E-state index < -0.39 is 15.9 Å². The van der Waals surface area contributed by atoms with Crippen molar-refractivity contribution in [2.75, 3.05) is 18.1 Å². The Balaban J connectivity index is 1.37. The molecule has 9 nitrogen and oxygen atoms in total. The van der Waals surface area contributed by atoms with Crippen molar-refractivity contribution in [3.05, 3.63) is 95.3 Å². The average molecular weight is 560 g/mol. The molecule has 0 fully saturated rings. The molecule has 0 bridgehead atoms. The summed E-state index contributed by atoms with van der Waals surface area (Å²) in [4.78, 5) is 31.5. The Hall–Kier alpha value is -4.44. The molecule has 10 heteroatoms. The number of nitrogens with one attached hydrogen (secondary N) is 1. The predicted octanol–water partition coefficient (Wildman–Crippen LogP) is 4.38. The Bertz CT molecular complexity index is 1670. The molecule has 2 amide bonds. The minimum atomic E-state index is -3.92. The van der Waals surface area contributed by atoms with Gasteiger partial charge in [0.05, 0.1) is 37.5 Å². The minimum Gasteiger partial charge on any atom is -0.493 e. The number of carbonyl (C=O) groups is 2. The Morgan fingerprint density at radius 1 is 0.925 bits per heavy atom. The number of aromatic nitrogens is 1. The molecule has 1 aromatic heterocycles. The highest BCUT2D eigenvalue weighted by Gasteiger charge is 2.36. The second-order valence-corrected chi connectivity index (χ2v) is 11.0. The summed E-state index contributed by atoms with van der Waals surface area (Å²) < 4.78 is 39.4. The molecule has 0 atom stereocenters. The van der Waals surface area contributed by atoms with Crippen LogP contribution >= 0.6 is 0 Å². The molecular formula is C30H29N3O6S. The quantitative estimate of drug-likeness (QED) is 0.307. The van der Waals surface area contributed by atoms with Crippen LogP contribution < -0.4 is 19.1 Å². The van der Waals surface area contributed by atoms with Gasteiger partial charge in [-0.1, -0.05) is 42.5 Å². The minimum absolute atomic E-state index is 0.0912. The third kappa shape index (κ3) is 5.48. The van der Waals surface area contributed by atoms with E-state index in [1.54, 1.807) is 47.5 Å². The topological polar surface area (TPSA) is 115 Å². The number of pyridine rings is 1. The summed E-state index contributed by atoms with van der Waals surface area (Å²) in [7, 11) is -3.92. The van der Waals surface area contributed by atoms with Gasteiger partial charge in [0.25, 0.3) is 5.91 Å². The number of amides is 2. The van der Waals surface area contributed by atoms with Crippen LogP contribution in [-0.2, 0) is 33.5 Å². The lowest BCUT2D eigenvalue weighted by Gasteiger charge is -2.16. The molecule has 0 aliphatic carbocycles. The third-order valence-corrected chi connectivity index (χ3v) is 7.79. The Morgan fingerprint density at radius 2 is 1.60 bits per heavy atom. The van der Waals surface area contributed by atoms with Gasteiger partial charge in [0, 0.05) is 34.4 Å². The average Bonchev–Trinajstić information content (AvgIpc) is 3.27. The fourth-order valence-corrected chi connectivity index (χ4v) is 6.03. The van der Waals surface area contributed by atoms with Gasteiger partial charge in [-0.25, -0.2) is 8.42 Å². The first-order valence-corrected chi connectivity index (χ1v) is 14.6. The molecule has 1 N–H and O–H groups in total. The normalized spacial score (nSPS) is 12.8. The number of anilines is 1. The highest BCUT2D eigenvalue weighted by molar-refractivity contribution is 7.89. The second kappa shape index (κ2) is 11.4. The molecule has 40 heavy (non-hydrogen) atoms. The van der Waals surface area contributed by atoms with Gasteiger partial charge in [0.15, 0.2) is 0 Å². The Kier molecular flexibility index (Phi) is 7.70. The lowest BCUT2D eigenvalue weighted by atomic mass is 9.99. The molecule has 0 radical (unpaired) electrons. The van der Waals surface area contributed by atoms with E-state index in [1.807, 2.05) is 38.1 Å². The molecule has 1 aliphatic heterocycles. The van der Waals surface area contributed by atoms with Crippen LogP contribution in [0.1, 0.15) is 40.9 Å². The molecule has 1 aliphatic rings. The maximum absolute atomic E-state index is 13.7. The summed E-state index contributed by atoms with van der Waals surface area (Å²) in [6.45, 7) is 4.92. The molecule has 4 aromatic rings. The van der Waals surface area contributed by atoms with Crippen LogP contribution in [0.4, 0.5) is 5.69 Å². The van der Waals surface area contributed by atoms with Crippen LogP contribution in [0.3, 0.4) is 0 Å². The zero-order chi connectivity index (χ0) is 28.3. The molecule has 2 heterocycles. The molecule has 3 aromatic carbocycles. The van der Waals surface area contributed by atoms with Crippen molar-refractivity contribution in [2.45, 2.75) is 32.6 Å². The number of hydrogen-bond donors (Lipinski definition) is 1. The Labute approximate surface area is 232 Å². The first-order chi connectivity index (χ1) is 19.3. The van der Waals surface area contributed by atoms with Gasteiger partial charge in [0.2, 0.25) is 15.9 Å². The fourth-order valence-electron chi connectivity index (χ4n) is 4.91. The second-order valence-electron chi connectivity index (χ2n) is 9.30. The van der Waals surface area contributed by atoms with E-state index >= 15 is 0 Å². The summed E-state index contributed by atoms with van der Waals surface area (Å²) in [6, 6.07) is 17.8.